The third kappa shape index (κ3) is 6.86. The molecule has 1 atom stereocenters. The molecule has 1 saturated heterocycles. The molecule has 6 nitrogen and oxygen atoms in total. The Bertz CT molecular complexity index is 603. The Morgan fingerprint density at radius 3 is 2.30 bits per heavy atom. The molecule has 1 heterocycles. The van der Waals surface area contributed by atoms with E-state index in [0.29, 0.717) is 19.1 Å². The second-order valence-corrected chi connectivity index (χ2v) is 8.06. The van der Waals surface area contributed by atoms with Crippen LogP contribution in [0.3, 0.4) is 0 Å². The van der Waals surface area contributed by atoms with Crippen molar-refractivity contribution in [3.63, 3.8) is 0 Å². The maximum absolute atomic E-state index is 11.9. The third-order valence-corrected chi connectivity index (χ3v) is 4.84. The van der Waals surface area contributed by atoms with Gasteiger partial charge >= 0.3 is 0 Å². The Morgan fingerprint density at radius 1 is 1.07 bits per heavy atom. The number of guanidine groups is 1. The number of benzene rings is 1. The van der Waals surface area contributed by atoms with E-state index in [4.69, 9.17) is 0 Å². The number of amides is 1. The number of carbonyl (C=O) groups excluding carboxylic acids is 1. The van der Waals surface area contributed by atoms with Gasteiger partial charge in [0.15, 0.2) is 5.96 Å². The topological polar surface area (TPSA) is 68.8 Å². The van der Waals surface area contributed by atoms with Gasteiger partial charge in [-0.1, -0.05) is 51.1 Å². The lowest BCUT2D eigenvalue weighted by Crippen LogP contribution is -2.45. The summed E-state index contributed by atoms with van der Waals surface area (Å²) < 4.78 is 0. The quantitative estimate of drug-likeness (QED) is 0.389. The number of hydrogen-bond donors (Lipinski definition) is 3. The largest absolute Gasteiger partial charge is 0.355 e. The van der Waals surface area contributed by atoms with E-state index in [0.717, 1.165) is 25.6 Å². The molecule has 27 heavy (non-hydrogen) atoms. The van der Waals surface area contributed by atoms with Crippen LogP contribution in [-0.4, -0.2) is 56.5 Å². The highest BCUT2D eigenvalue weighted by Crippen LogP contribution is 2.24. The normalized spacial score (nSPS) is 16.8. The van der Waals surface area contributed by atoms with Gasteiger partial charge in [0.2, 0.25) is 5.91 Å². The van der Waals surface area contributed by atoms with Crippen LogP contribution >= 0.6 is 0 Å². The smallest absolute Gasteiger partial charge is 0.225 e. The lowest BCUT2D eigenvalue weighted by molar-refractivity contribution is -0.128. The van der Waals surface area contributed by atoms with E-state index in [1.807, 2.05) is 20.8 Å². The zero-order chi connectivity index (χ0) is 19.7. The summed E-state index contributed by atoms with van der Waals surface area (Å²) in [6, 6.07) is 11.0. The monoisotopic (exact) mass is 373 g/mol. The summed E-state index contributed by atoms with van der Waals surface area (Å²) in [7, 11) is 1.77. The molecule has 1 unspecified atom stereocenters. The van der Waals surface area contributed by atoms with Gasteiger partial charge in [-0.25, -0.2) is 0 Å². The maximum atomic E-state index is 11.9. The van der Waals surface area contributed by atoms with Crippen LogP contribution in [0, 0.1) is 5.41 Å². The zero-order valence-corrected chi connectivity index (χ0v) is 17.2. The lowest BCUT2D eigenvalue weighted by Gasteiger charge is -2.29. The molecule has 1 fully saturated rings. The first-order valence-corrected chi connectivity index (χ1v) is 9.93. The number of hydrogen-bond acceptors (Lipinski definition) is 3. The van der Waals surface area contributed by atoms with Crippen LogP contribution in [0.25, 0.3) is 0 Å². The molecule has 1 aliphatic rings. The summed E-state index contributed by atoms with van der Waals surface area (Å²) in [6.07, 6.45) is 2.54. The summed E-state index contributed by atoms with van der Waals surface area (Å²) >= 11 is 0. The van der Waals surface area contributed by atoms with Gasteiger partial charge in [0.25, 0.3) is 0 Å². The molecule has 1 aliphatic heterocycles. The van der Waals surface area contributed by atoms with E-state index in [2.05, 4.69) is 56.2 Å². The number of aliphatic imine (C=N–C) groups is 1. The van der Waals surface area contributed by atoms with Crippen molar-refractivity contribution in [2.75, 3.05) is 39.8 Å². The number of carbonyl (C=O) groups is 1. The van der Waals surface area contributed by atoms with Gasteiger partial charge < -0.3 is 16.0 Å². The van der Waals surface area contributed by atoms with Crippen molar-refractivity contribution in [3.05, 3.63) is 35.9 Å². The van der Waals surface area contributed by atoms with Crippen molar-refractivity contribution >= 4 is 11.9 Å². The Labute approximate surface area is 163 Å². The Hall–Kier alpha value is -2.08. The summed E-state index contributed by atoms with van der Waals surface area (Å²) in [6.45, 7) is 10.1. The lowest BCUT2D eigenvalue weighted by atomic mass is 9.96. The zero-order valence-electron chi connectivity index (χ0n) is 17.2. The standard InChI is InChI=1S/C21H35N5O/c1-21(2,3)19(27)23-12-13-24-20(22-4)25-16-18(26-14-8-9-15-26)17-10-6-5-7-11-17/h5-7,10-11,18H,8-9,12-16H2,1-4H3,(H,23,27)(H2,22,24,25). The SMILES string of the molecule is CN=C(NCCNC(=O)C(C)(C)C)NCC(c1ccccc1)N1CCCC1. The molecule has 2 rings (SSSR count). The predicted octanol–water partition coefficient (Wildman–Crippen LogP) is 2.15. The first-order valence-electron chi connectivity index (χ1n) is 9.93. The predicted molar refractivity (Wildman–Crippen MR) is 112 cm³/mol. The summed E-state index contributed by atoms with van der Waals surface area (Å²) in [5.41, 5.74) is 0.971. The van der Waals surface area contributed by atoms with E-state index < -0.39 is 0 Å². The molecule has 150 valence electrons. The molecule has 1 aromatic carbocycles. The van der Waals surface area contributed by atoms with Crippen molar-refractivity contribution < 1.29 is 4.79 Å². The second-order valence-electron chi connectivity index (χ2n) is 8.06. The first kappa shape index (κ1) is 21.2. The molecule has 0 aliphatic carbocycles. The van der Waals surface area contributed by atoms with Crippen molar-refractivity contribution in [2.45, 2.75) is 39.7 Å². The summed E-state index contributed by atoms with van der Waals surface area (Å²) in [5.74, 6) is 0.825. The Balaban J connectivity index is 1.82. The van der Waals surface area contributed by atoms with Crippen molar-refractivity contribution in [1.29, 1.82) is 0 Å². The Kier molecular flexibility index (Phi) is 8.10. The molecular formula is C21H35N5O. The Morgan fingerprint density at radius 2 is 1.70 bits per heavy atom. The first-order chi connectivity index (χ1) is 12.9. The number of likely N-dealkylation sites (tertiary alicyclic amines) is 1. The minimum atomic E-state index is -0.363. The van der Waals surface area contributed by atoms with Gasteiger partial charge in [-0.2, -0.15) is 0 Å². The molecule has 0 bridgehead atoms. The van der Waals surface area contributed by atoms with Gasteiger partial charge in [-0.05, 0) is 31.5 Å². The molecule has 0 aromatic heterocycles. The number of rotatable bonds is 7. The van der Waals surface area contributed by atoms with Gasteiger partial charge in [-0.15, -0.1) is 0 Å². The van der Waals surface area contributed by atoms with E-state index in [-0.39, 0.29) is 11.3 Å². The molecule has 0 radical (unpaired) electrons. The van der Waals surface area contributed by atoms with E-state index in [9.17, 15) is 4.79 Å². The molecule has 0 saturated carbocycles. The van der Waals surface area contributed by atoms with Crippen LogP contribution in [0.15, 0.2) is 35.3 Å². The van der Waals surface area contributed by atoms with Crippen LogP contribution in [0.5, 0.6) is 0 Å². The third-order valence-electron chi connectivity index (χ3n) is 4.84. The van der Waals surface area contributed by atoms with E-state index >= 15 is 0 Å². The van der Waals surface area contributed by atoms with Gasteiger partial charge in [-0.3, -0.25) is 14.7 Å². The van der Waals surface area contributed by atoms with Crippen LogP contribution in [0.1, 0.15) is 45.2 Å². The molecule has 6 heteroatoms. The average molecular weight is 374 g/mol. The van der Waals surface area contributed by atoms with Crippen molar-refractivity contribution in [2.24, 2.45) is 10.4 Å². The van der Waals surface area contributed by atoms with Crippen molar-refractivity contribution in [3.8, 4) is 0 Å². The fourth-order valence-corrected chi connectivity index (χ4v) is 3.22. The number of nitrogens with zero attached hydrogens (tertiary/aromatic N) is 2. The van der Waals surface area contributed by atoms with E-state index in [1.165, 1.54) is 18.4 Å². The minimum Gasteiger partial charge on any atom is -0.355 e. The highest BCUT2D eigenvalue weighted by molar-refractivity contribution is 5.81. The molecule has 0 spiro atoms. The number of nitrogens with one attached hydrogen (secondary N) is 3. The maximum Gasteiger partial charge on any atom is 0.225 e. The second kappa shape index (κ2) is 10.3. The summed E-state index contributed by atoms with van der Waals surface area (Å²) in [5, 5.41) is 9.67. The molecule has 1 aromatic rings. The van der Waals surface area contributed by atoms with E-state index in [1.54, 1.807) is 7.05 Å². The van der Waals surface area contributed by atoms with Crippen LogP contribution in [-0.2, 0) is 4.79 Å². The summed E-state index contributed by atoms with van der Waals surface area (Å²) in [4.78, 5) is 18.8. The minimum absolute atomic E-state index is 0.0606. The highest BCUT2D eigenvalue weighted by atomic mass is 16.2. The van der Waals surface area contributed by atoms with Crippen LogP contribution < -0.4 is 16.0 Å². The van der Waals surface area contributed by atoms with Gasteiger partial charge in [0.05, 0.1) is 6.04 Å². The fraction of sp³-hybridized carbons (Fsp3) is 0.619. The highest BCUT2D eigenvalue weighted by Gasteiger charge is 2.23. The van der Waals surface area contributed by atoms with Gasteiger partial charge in [0.1, 0.15) is 0 Å². The van der Waals surface area contributed by atoms with Crippen LogP contribution in [0.4, 0.5) is 0 Å². The van der Waals surface area contributed by atoms with Crippen LogP contribution in [0.2, 0.25) is 0 Å². The van der Waals surface area contributed by atoms with Crippen molar-refractivity contribution in [1.82, 2.24) is 20.9 Å². The average Bonchev–Trinajstić information content (AvgIpc) is 3.18. The fourth-order valence-electron chi connectivity index (χ4n) is 3.22. The molecule has 1 amide bonds. The van der Waals surface area contributed by atoms with Gasteiger partial charge in [0, 0.05) is 32.1 Å². The molecular weight excluding hydrogens is 338 g/mol. The molecule has 3 N–H and O–H groups in total.